The molecular formula is C37H25BN2O3Pt. The van der Waals surface area contributed by atoms with Gasteiger partial charge in [-0.25, -0.2) is 4.98 Å². The zero-order valence-electron chi connectivity index (χ0n) is 24.0. The molecule has 0 aliphatic carbocycles. The molecule has 0 fully saturated rings. The monoisotopic (exact) mass is 751 g/mol. The largest absolute Gasteiger partial charge is 2.00 e. The maximum atomic E-state index is 6.54. The Bertz CT molecular complexity index is 1970. The molecule has 5 nitrogen and oxygen atoms in total. The summed E-state index contributed by atoms with van der Waals surface area (Å²) in [6.45, 7) is 4.13. The van der Waals surface area contributed by atoms with Crippen molar-refractivity contribution in [3.8, 4) is 57.0 Å². The summed E-state index contributed by atoms with van der Waals surface area (Å²) in [5.41, 5.74) is 7.83. The van der Waals surface area contributed by atoms with Crippen LogP contribution in [0.4, 0.5) is 0 Å². The Labute approximate surface area is 271 Å². The summed E-state index contributed by atoms with van der Waals surface area (Å²) in [5.74, 6) is 4.45. The van der Waals surface area contributed by atoms with Crippen LogP contribution in [0.2, 0.25) is 0 Å². The summed E-state index contributed by atoms with van der Waals surface area (Å²) in [6, 6.07) is 39.2. The predicted octanol–water partition coefficient (Wildman–Crippen LogP) is 7.05. The van der Waals surface area contributed by atoms with E-state index in [0.717, 1.165) is 67.3 Å². The average molecular weight is 752 g/mol. The Balaban J connectivity index is 0.00000312. The van der Waals surface area contributed by atoms with Gasteiger partial charge in [-0.15, -0.1) is 52.9 Å². The molecule has 2 aliphatic heterocycles. The van der Waals surface area contributed by atoms with E-state index in [1.807, 2.05) is 72.9 Å². The maximum Gasteiger partial charge on any atom is 2.00 e. The van der Waals surface area contributed by atoms with Gasteiger partial charge < -0.3 is 19.2 Å². The van der Waals surface area contributed by atoms with Gasteiger partial charge in [0.2, 0.25) is 12.6 Å². The predicted molar refractivity (Wildman–Crippen MR) is 169 cm³/mol. The van der Waals surface area contributed by atoms with Crippen LogP contribution >= 0.6 is 0 Å². The van der Waals surface area contributed by atoms with Crippen molar-refractivity contribution in [1.29, 1.82) is 0 Å². The molecular weight excluding hydrogens is 726 g/mol. The number of hydrogen-bond acceptors (Lipinski definition) is 5. The van der Waals surface area contributed by atoms with Crippen molar-refractivity contribution in [3.63, 3.8) is 0 Å². The van der Waals surface area contributed by atoms with Crippen LogP contribution in [-0.4, -0.2) is 16.7 Å². The first-order chi connectivity index (χ1) is 21.1. The molecule has 2 aromatic heterocycles. The van der Waals surface area contributed by atoms with E-state index < -0.39 is 0 Å². The Morgan fingerprint density at radius 3 is 2.11 bits per heavy atom. The van der Waals surface area contributed by atoms with Crippen molar-refractivity contribution in [1.82, 2.24) is 9.97 Å². The van der Waals surface area contributed by atoms with E-state index in [9.17, 15) is 0 Å². The molecule has 214 valence electrons. The standard InChI is InChI=1S/C37H25BN2O3.Pt/c1-23(2)27-19-34-37-35(20-27)43-33-16-13-28(41-36-10-6-7-17-39-36)21-30(33)38(37)29-18-25(12-15-32(29)42-34)31-14-11-26(22-40-31)24-8-4-3-5-9-24;/h3-17,19-20,22-23H,1-2H3;/q-2;+2. The minimum Gasteiger partial charge on any atom is -0.518 e. The molecule has 0 amide bonds. The smallest absolute Gasteiger partial charge is 0.518 e. The molecule has 44 heavy (non-hydrogen) atoms. The summed E-state index contributed by atoms with van der Waals surface area (Å²) in [7, 11) is 0. The van der Waals surface area contributed by atoms with Crippen molar-refractivity contribution in [2.75, 3.05) is 0 Å². The van der Waals surface area contributed by atoms with Crippen molar-refractivity contribution < 1.29 is 35.3 Å². The van der Waals surface area contributed by atoms with Gasteiger partial charge >= 0.3 is 21.1 Å². The first-order valence-electron chi connectivity index (χ1n) is 14.4. The summed E-state index contributed by atoms with van der Waals surface area (Å²) in [6.07, 6.45) is 3.62. The van der Waals surface area contributed by atoms with Crippen LogP contribution in [-0.2, 0) is 21.1 Å². The van der Waals surface area contributed by atoms with Crippen LogP contribution in [0.15, 0.2) is 109 Å². The maximum absolute atomic E-state index is 6.54. The van der Waals surface area contributed by atoms with Crippen LogP contribution in [0.25, 0.3) is 22.4 Å². The summed E-state index contributed by atoms with van der Waals surface area (Å²) in [5, 5.41) is 0. The van der Waals surface area contributed by atoms with Gasteiger partial charge in [0, 0.05) is 41.2 Å². The average Bonchev–Trinajstić information content (AvgIpc) is 3.05. The molecule has 0 atom stereocenters. The van der Waals surface area contributed by atoms with Gasteiger partial charge in [-0.3, -0.25) is 0 Å². The fraction of sp³-hybridized carbons (Fsp3) is 0.0811. The molecule has 0 N–H and O–H groups in total. The van der Waals surface area contributed by atoms with Crippen LogP contribution in [0.1, 0.15) is 25.3 Å². The Morgan fingerprint density at radius 1 is 0.705 bits per heavy atom. The van der Waals surface area contributed by atoms with Crippen molar-refractivity contribution in [2.45, 2.75) is 19.8 Å². The minimum atomic E-state index is -0.213. The summed E-state index contributed by atoms with van der Waals surface area (Å²) < 4.78 is 19.1. The number of ether oxygens (including phenoxy) is 3. The zero-order chi connectivity index (χ0) is 28.9. The normalized spacial score (nSPS) is 12.2. The SMILES string of the molecule is CC(C)c1cc2c3c(c1)Oc1ccc(-c4ccc(-c5ccccc5)cn4)[c-]c1B3c1[c-]c(Oc3ccccn3)ccc1O2.[Pt+2]. The van der Waals surface area contributed by atoms with Gasteiger partial charge in [0.25, 0.3) is 0 Å². The molecule has 7 heteroatoms. The summed E-state index contributed by atoms with van der Waals surface area (Å²) in [4.78, 5) is 9.12. The third kappa shape index (κ3) is 4.99. The van der Waals surface area contributed by atoms with E-state index in [0.29, 0.717) is 17.5 Å². The Hall–Kier alpha value is -4.67. The van der Waals surface area contributed by atoms with Crippen LogP contribution in [0.5, 0.6) is 34.6 Å². The molecule has 0 spiro atoms. The molecule has 0 saturated heterocycles. The van der Waals surface area contributed by atoms with Crippen LogP contribution in [0.3, 0.4) is 0 Å². The number of pyridine rings is 2. The van der Waals surface area contributed by atoms with E-state index >= 15 is 0 Å². The third-order valence-corrected chi connectivity index (χ3v) is 7.94. The molecule has 0 saturated carbocycles. The van der Waals surface area contributed by atoms with E-state index in [4.69, 9.17) is 19.2 Å². The third-order valence-electron chi connectivity index (χ3n) is 7.94. The summed E-state index contributed by atoms with van der Waals surface area (Å²) >= 11 is 0. The molecule has 2 aliphatic rings. The molecule has 4 heterocycles. The Morgan fingerprint density at radius 2 is 1.43 bits per heavy atom. The van der Waals surface area contributed by atoms with Gasteiger partial charge in [0.05, 0.1) is 0 Å². The van der Waals surface area contributed by atoms with Gasteiger partial charge in [-0.2, -0.15) is 0 Å². The van der Waals surface area contributed by atoms with Gasteiger partial charge in [-0.05, 0) is 46.5 Å². The molecule has 6 aromatic rings. The van der Waals surface area contributed by atoms with Gasteiger partial charge in [0.15, 0.2) is 0 Å². The second kappa shape index (κ2) is 11.4. The topological polar surface area (TPSA) is 53.5 Å². The quantitative estimate of drug-likeness (QED) is 0.140. The molecule has 0 unspecified atom stereocenters. The number of hydrogen-bond donors (Lipinski definition) is 0. The number of benzene rings is 4. The number of rotatable bonds is 5. The molecule has 4 aromatic carbocycles. The van der Waals surface area contributed by atoms with E-state index in [2.05, 4.69) is 61.3 Å². The second-order valence-corrected chi connectivity index (χ2v) is 11.0. The molecule has 0 bridgehead atoms. The minimum absolute atomic E-state index is 0. The first-order valence-corrected chi connectivity index (χ1v) is 14.4. The van der Waals surface area contributed by atoms with Crippen molar-refractivity contribution in [2.24, 2.45) is 0 Å². The van der Waals surface area contributed by atoms with Gasteiger partial charge in [-0.1, -0.05) is 62.4 Å². The first kappa shape index (κ1) is 28.1. The van der Waals surface area contributed by atoms with E-state index in [1.54, 1.807) is 6.20 Å². The zero-order valence-corrected chi connectivity index (χ0v) is 26.3. The van der Waals surface area contributed by atoms with E-state index in [-0.39, 0.29) is 27.8 Å². The van der Waals surface area contributed by atoms with Gasteiger partial charge in [0.1, 0.15) is 11.5 Å². The van der Waals surface area contributed by atoms with Crippen LogP contribution < -0.4 is 30.6 Å². The number of fused-ring (bicyclic) bond motifs is 4. The fourth-order valence-corrected chi connectivity index (χ4v) is 5.74. The Kier molecular flexibility index (Phi) is 7.31. The fourth-order valence-electron chi connectivity index (χ4n) is 5.74. The molecule has 0 radical (unpaired) electrons. The number of aromatic nitrogens is 2. The molecule has 8 rings (SSSR count). The second-order valence-electron chi connectivity index (χ2n) is 11.0. The number of nitrogens with zero attached hydrogens (tertiary/aromatic N) is 2. The van der Waals surface area contributed by atoms with E-state index in [1.165, 1.54) is 0 Å². The van der Waals surface area contributed by atoms with Crippen molar-refractivity contribution in [3.05, 3.63) is 127 Å². The van der Waals surface area contributed by atoms with Crippen molar-refractivity contribution >= 4 is 23.1 Å². The van der Waals surface area contributed by atoms with Crippen LogP contribution in [0, 0.1) is 12.1 Å².